The third kappa shape index (κ3) is 5.32. The van der Waals surface area contributed by atoms with Crippen LogP contribution in [-0.2, 0) is 10.0 Å². The van der Waals surface area contributed by atoms with Crippen LogP contribution in [0, 0.1) is 11.6 Å². The lowest BCUT2D eigenvalue weighted by Gasteiger charge is -2.12. The minimum Gasteiger partial charge on any atom is -0.370 e. The molecule has 0 saturated heterocycles. The summed E-state index contributed by atoms with van der Waals surface area (Å²) < 4.78 is 55.9. The molecule has 2 aromatic heterocycles. The third-order valence-electron chi connectivity index (χ3n) is 4.68. The van der Waals surface area contributed by atoms with E-state index in [2.05, 4.69) is 36.1 Å². The molecule has 0 aliphatic carbocycles. The highest BCUT2D eigenvalue weighted by molar-refractivity contribution is 9.10. The highest BCUT2D eigenvalue weighted by Gasteiger charge is 2.16. The number of hydrogen-bond donors (Lipinski definition) is 2. The summed E-state index contributed by atoms with van der Waals surface area (Å²) >= 11 is 9.76. The molecule has 0 aliphatic heterocycles. The van der Waals surface area contributed by atoms with E-state index >= 15 is 0 Å². The second-order valence-electron chi connectivity index (χ2n) is 7.02. The van der Waals surface area contributed by atoms with Crippen LogP contribution in [0.15, 0.2) is 64.1 Å². The Hall–Kier alpha value is -2.60. The van der Waals surface area contributed by atoms with Gasteiger partial charge in [-0.3, -0.25) is 0 Å². The molecule has 4 rings (SSSR count). The Balaban J connectivity index is 1.46. The van der Waals surface area contributed by atoms with Gasteiger partial charge in [0.15, 0.2) is 5.65 Å². The van der Waals surface area contributed by atoms with Crippen LogP contribution in [0.5, 0.6) is 0 Å². The standard InChI is InChI=1S/C21H17BrClF2N5O2S/c22-17-12-27-30-20(11-19(29-21(17)30)16-4-1-2-5-18(16)23)26-6-3-7-28-33(31,32)15-9-13(24)8-14(25)10-15/h1-2,4-5,8-12,26,28H,3,6-7H2. The molecule has 0 atom stereocenters. The topological polar surface area (TPSA) is 88.4 Å². The van der Waals surface area contributed by atoms with Gasteiger partial charge in [-0.2, -0.15) is 9.61 Å². The van der Waals surface area contributed by atoms with Crippen LogP contribution in [0.1, 0.15) is 6.42 Å². The molecule has 2 N–H and O–H groups in total. The first-order chi connectivity index (χ1) is 15.7. The Labute approximate surface area is 202 Å². The summed E-state index contributed by atoms with van der Waals surface area (Å²) in [4.78, 5) is 4.16. The van der Waals surface area contributed by atoms with Gasteiger partial charge < -0.3 is 5.32 Å². The maximum absolute atomic E-state index is 13.3. The number of fused-ring (bicyclic) bond motifs is 1. The smallest absolute Gasteiger partial charge is 0.240 e. The van der Waals surface area contributed by atoms with Crippen molar-refractivity contribution >= 4 is 49.0 Å². The molecular weight excluding hydrogens is 540 g/mol. The van der Waals surface area contributed by atoms with Crippen LogP contribution in [-0.4, -0.2) is 36.1 Å². The average molecular weight is 557 g/mol. The lowest BCUT2D eigenvalue weighted by atomic mass is 10.1. The van der Waals surface area contributed by atoms with Crippen LogP contribution >= 0.6 is 27.5 Å². The van der Waals surface area contributed by atoms with E-state index in [0.29, 0.717) is 45.7 Å². The molecule has 2 heterocycles. The molecule has 7 nitrogen and oxygen atoms in total. The van der Waals surface area contributed by atoms with Crippen LogP contribution < -0.4 is 10.0 Å². The van der Waals surface area contributed by atoms with Gasteiger partial charge in [0.05, 0.1) is 21.3 Å². The van der Waals surface area contributed by atoms with Crippen LogP contribution in [0.2, 0.25) is 5.02 Å². The molecular formula is C21H17BrClF2N5O2S. The minimum atomic E-state index is -4.04. The molecule has 172 valence electrons. The molecule has 0 radical (unpaired) electrons. The van der Waals surface area contributed by atoms with Gasteiger partial charge in [0.1, 0.15) is 17.5 Å². The summed E-state index contributed by atoms with van der Waals surface area (Å²) in [7, 11) is -4.04. The van der Waals surface area contributed by atoms with Crippen LogP contribution in [0.25, 0.3) is 16.9 Å². The van der Waals surface area contributed by atoms with Gasteiger partial charge in [0, 0.05) is 35.8 Å². The number of nitrogens with zero attached hydrogens (tertiary/aromatic N) is 3. The lowest BCUT2D eigenvalue weighted by Crippen LogP contribution is -2.26. The molecule has 0 aliphatic rings. The Bertz CT molecular complexity index is 1410. The van der Waals surface area contributed by atoms with E-state index in [1.165, 1.54) is 0 Å². The zero-order valence-corrected chi connectivity index (χ0v) is 20.1. The van der Waals surface area contributed by atoms with E-state index in [1.54, 1.807) is 22.8 Å². The molecule has 0 amide bonds. The first kappa shape index (κ1) is 23.6. The van der Waals surface area contributed by atoms with Crippen molar-refractivity contribution < 1.29 is 17.2 Å². The van der Waals surface area contributed by atoms with E-state index in [-0.39, 0.29) is 6.54 Å². The van der Waals surface area contributed by atoms with Gasteiger partial charge in [-0.25, -0.2) is 26.9 Å². The first-order valence-corrected chi connectivity index (χ1v) is 12.4. The highest BCUT2D eigenvalue weighted by Crippen LogP contribution is 2.30. The zero-order valence-electron chi connectivity index (χ0n) is 16.9. The number of sulfonamides is 1. The molecule has 0 spiro atoms. The molecule has 4 aromatic rings. The third-order valence-corrected chi connectivity index (χ3v) is 7.01. The lowest BCUT2D eigenvalue weighted by molar-refractivity contribution is 0.560. The van der Waals surface area contributed by atoms with Gasteiger partial charge >= 0.3 is 0 Å². The first-order valence-electron chi connectivity index (χ1n) is 9.73. The number of rotatable bonds is 8. The quantitative estimate of drug-likeness (QED) is 0.302. The summed E-state index contributed by atoms with van der Waals surface area (Å²) in [6, 6.07) is 11.3. The molecule has 0 fully saturated rings. The van der Waals surface area contributed by atoms with Gasteiger partial charge in [-0.1, -0.05) is 29.8 Å². The van der Waals surface area contributed by atoms with Crippen LogP contribution in [0.3, 0.4) is 0 Å². The maximum Gasteiger partial charge on any atom is 0.240 e. The Morgan fingerprint density at radius 3 is 2.52 bits per heavy atom. The van der Waals surface area contributed by atoms with E-state index in [1.807, 2.05) is 18.2 Å². The molecule has 0 unspecified atom stereocenters. The minimum absolute atomic E-state index is 0.0574. The van der Waals surface area contributed by atoms with Crippen molar-refractivity contribution in [2.45, 2.75) is 11.3 Å². The van der Waals surface area contributed by atoms with Gasteiger partial charge in [-0.05, 0) is 40.5 Å². The number of halogens is 4. The van der Waals surface area contributed by atoms with E-state index in [9.17, 15) is 17.2 Å². The van der Waals surface area contributed by atoms with Crippen molar-refractivity contribution in [2.75, 3.05) is 18.4 Å². The Morgan fingerprint density at radius 2 is 1.79 bits per heavy atom. The summed E-state index contributed by atoms with van der Waals surface area (Å²) in [6.45, 7) is 0.445. The van der Waals surface area contributed by atoms with Crippen LogP contribution in [0.4, 0.5) is 14.6 Å². The van der Waals surface area contributed by atoms with Crippen molar-refractivity contribution in [3.8, 4) is 11.3 Å². The Morgan fingerprint density at radius 1 is 1.06 bits per heavy atom. The molecule has 0 saturated carbocycles. The molecule has 12 heteroatoms. The largest absolute Gasteiger partial charge is 0.370 e. The SMILES string of the molecule is O=S(=O)(NCCCNc1cc(-c2ccccc2Cl)nc2c(Br)cnn12)c1cc(F)cc(F)c1. The number of nitrogens with one attached hydrogen (secondary N) is 2. The van der Waals surface area contributed by atoms with Crippen molar-refractivity contribution in [1.82, 2.24) is 19.3 Å². The van der Waals surface area contributed by atoms with Crippen molar-refractivity contribution in [3.05, 3.63) is 75.9 Å². The van der Waals surface area contributed by atoms with Gasteiger partial charge in [0.2, 0.25) is 10.0 Å². The normalized spacial score (nSPS) is 11.8. The monoisotopic (exact) mass is 555 g/mol. The fourth-order valence-electron chi connectivity index (χ4n) is 3.15. The second kappa shape index (κ2) is 9.72. The number of anilines is 1. The summed E-state index contributed by atoms with van der Waals surface area (Å²) in [6.07, 6.45) is 2.01. The summed E-state index contributed by atoms with van der Waals surface area (Å²) in [5.74, 6) is -1.28. The predicted molar refractivity (Wildman–Crippen MR) is 126 cm³/mol. The summed E-state index contributed by atoms with van der Waals surface area (Å²) in [5.41, 5.74) is 1.99. The Kier molecular flexibility index (Phi) is 6.94. The van der Waals surface area contributed by atoms with E-state index in [4.69, 9.17) is 11.6 Å². The molecule has 33 heavy (non-hydrogen) atoms. The predicted octanol–water partition coefficient (Wildman–Crippen LogP) is 4.87. The van der Waals surface area contributed by atoms with Crippen molar-refractivity contribution in [2.24, 2.45) is 0 Å². The average Bonchev–Trinajstić information content (AvgIpc) is 3.14. The fraction of sp³-hybridized carbons (Fsp3) is 0.143. The number of benzene rings is 2. The highest BCUT2D eigenvalue weighted by atomic mass is 79.9. The van der Waals surface area contributed by atoms with E-state index < -0.39 is 26.6 Å². The number of hydrogen-bond acceptors (Lipinski definition) is 5. The molecule has 2 aromatic carbocycles. The fourth-order valence-corrected chi connectivity index (χ4v) is 4.84. The second-order valence-corrected chi connectivity index (χ2v) is 10.0. The number of aromatic nitrogens is 3. The van der Waals surface area contributed by atoms with Crippen molar-refractivity contribution in [3.63, 3.8) is 0 Å². The maximum atomic E-state index is 13.3. The van der Waals surface area contributed by atoms with Gasteiger partial charge in [0.25, 0.3) is 0 Å². The summed E-state index contributed by atoms with van der Waals surface area (Å²) in [5, 5.41) is 8.07. The van der Waals surface area contributed by atoms with Crippen molar-refractivity contribution in [1.29, 1.82) is 0 Å². The van der Waals surface area contributed by atoms with E-state index in [0.717, 1.165) is 17.7 Å². The van der Waals surface area contributed by atoms with Gasteiger partial charge in [-0.15, -0.1) is 0 Å². The zero-order chi connectivity index (χ0) is 23.6. The molecule has 0 bridgehead atoms.